The Morgan fingerprint density at radius 1 is 1.08 bits per heavy atom. The highest BCUT2D eigenvalue weighted by Crippen LogP contribution is 2.29. The van der Waals surface area contributed by atoms with Crippen molar-refractivity contribution in [2.45, 2.75) is 6.18 Å². The molecule has 0 saturated heterocycles. The first-order valence-corrected chi connectivity index (χ1v) is 7.26. The maximum atomic E-state index is 13.3. The SMILES string of the molecule is O=C(NCC#CCOc1ccc(F)cc1F)c1cccc(C(F)(F)F)c1. The molecule has 0 fully saturated rings. The number of halogens is 5. The standard InChI is InChI=1S/C18H12F5NO2/c19-14-6-7-16(15(20)11-14)26-9-2-1-8-24-17(25)12-4-3-5-13(10-12)18(21,22)23/h3-7,10-11H,8-9H2,(H,24,25). The maximum Gasteiger partial charge on any atom is 0.416 e. The van der Waals surface area contributed by atoms with Gasteiger partial charge in [-0.25, -0.2) is 8.78 Å². The topological polar surface area (TPSA) is 38.3 Å². The van der Waals surface area contributed by atoms with E-state index in [-0.39, 0.29) is 24.5 Å². The fraction of sp³-hybridized carbons (Fsp3) is 0.167. The lowest BCUT2D eigenvalue weighted by Gasteiger charge is -2.08. The summed E-state index contributed by atoms with van der Waals surface area (Å²) < 4.78 is 68.8. The van der Waals surface area contributed by atoms with Crippen LogP contribution in [-0.2, 0) is 6.18 Å². The molecule has 1 N–H and O–H groups in total. The molecule has 2 rings (SSSR count). The molecule has 0 aliphatic carbocycles. The van der Waals surface area contributed by atoms with Crippen LogP contribution in [0.5, 0.6) is 5.75 Å². The molecule has 2 aromatic carbocycles. The molecule has 136 valence electrons. The van der Waals surface area contributed by atoms with E-state index in [4.69, 9.17) is 4.74 Å². The molecule has 0 aliphatic heterocycles. The van der Waals surface area contributed by atoms with E-state index in [0.29, 0.717) is 6.07 Å². The minimum atomic E-state index is -4.54. The number of amides is 1. The summed E-state index contributed by atoms with van der Waals surface area (Å²) in [5.41, 5.74) is -1.07. The van der Waals surface area contributed by atoms with Gasteiger partial charge in [0.2, 0.25) is 0 Å². The van der Waals surface area contributed by atoms with Crippen molar-refractivity contribution in [1.29, 1.82) is 0 Å². The van der Waals surface area contributed by atoms with Crippen LogP contribution in [0.4, 0.5) is 22.0 Å². The highest BCUT2D eigenvalue weighted by Gasteiger charge is 2.30. The summed E-state index contributed by atoms with van der Waals surface area (Å²) in [6, 6.07) is 6.79. The Labute approximate surface area is 145 Å². The third-order valence-electron chi connectivity index (χ3n) is 3.11. The first kappa shape index (κ1) is 19.2. The van der Waals surface area contributed by atoms with Crippen molar-refractivity contribution in [2.75, 3.05) is 13.2 Å². The van der Waals surface area contributed by atoms with E-state index < -0.39 is 29.3 Å². The second-order valence-electron chi connectivity index (χ2n) is 4.98. The van der Waals surface area contributed by atoms with Gasteiger partial charge in [0.1, 0.15) is 12.4 Å². The smallest absolute Gasteiger partial charge is 0.416 e. The monoisotopic (exact) mass is 369 g/mol. The summed E-state index contributed by atoms with van der Waals surface area (Å²) in [6.07, 6.45) is -4.54. The van der Waals surface area contributed by atoms with Crippen LogP contribution >= 0.6 is 0 Å². The molecule has 2 aromatic rings. The van der Waals surface area contributed by atoms with Crippen molar-refractivity contribution in [3.63, 3.8) is 0 Å². The minimum Gasteiger partial charge on any atom is -0.478 e. The van der Waals surface area contributed by atoms with Crippen LogP contribution in [0.2, 0.25) is 0 Å². The molecule has 1 amide bonds. The number of nitrogens with one attached hydrogen (secondary N) is 1. The molecule has 0 saturated carbocycles. The van der Waals surface area contributed by atoms with E-state index in [1.807, 2.05) is 0 Å². The van der Waals surface area contributed by atoms with Crippen LogP contribution in [-0.4, -0.2) is 19.1 Å². The highest BCUT2D eigenvalue weighted by atomic mass is 19.4. The third-order valence-corrected chi connectivity index (χ3v) is 3.11. The zero-order valence-corrected chi connectivity index (χ0v) is 13.2. The van der Waals surface area contributed by atoms with Gasteiger partial charge in [-0.3, -0.25) is 4.79 Å². The van der Waals surface area contributed by atoms with Crippen molar-refractivity contribution in [3.8, 4) is 17.6 Å². The Morgan fingerprint density at radius 3 is 2.54 bits per heavy atom. The highest BCUT2D eigenvalue weighted by molar-refractivity contribution is 5.94. The summed E-state index contributed by atoms with van der Waals surface area (Å²) in [7, 11) is 0. The van der Waals surface area contributed by atoms with Crippen LogP contribution in [0.1, 0.15) is 15.9 Å². The molecule has 0 heterocycles. The number of hydrogen-bond donors (Lipinski definition) is 1. The second-order valence-corrected chi connectivity index (χ2v) is 4.98. The van der Waals surface area contributed by atoms with Crippen LogP contribution in [0.25, 0.3) is 0 Å². The first-order valence-electron chi connectivity index (χ1n) is 7.26. The van der Waals surface area contributed by atoms with E-state index in [0.717, 1.165) is 30.3 Å². The fourth-order valence-corrected chi connectivity index (χ4v) is 1.88. The largest absolute Gasteiger partial charge is 0.478 e. The predicted molar refractivity (Wildman–Crippen MR) is 83.4 cm³/mol. The van der Waals surface area contributed by atoms with E-state index >= 15 is 0 Å². The molecule has 0 unspecified atom stereocenters. The van der Waals surface area contributed by atoms with Crippen LogP contribution in [0.3, 0.4) is 0 Å². The van der Waals surface area contributed by atoms with Crippen LogP contribution in [0, 0.1) is 23.5 Å². The Balaban J connectivity index is 1.83. The van der Waals surface area contributed by atoms with E-state index in [2.05, 4.69) is 17.2 Å². The van der Waals surface area contributed by atoms with Gasteiger partial charge in [0.15, 0.2) is 11.6 Å². The van der Waals surface area contributed by atoms with Crippen LogP contribution in [0.15, 0.2) is 42.5 Å². The van der Waals surface area contributed by atoms with Gasteiger partial charge in [-0.15, -0.1) is 0 Å². The van der Waals surface area contributed by atoms with Gasteiger partial charge in [-0.1, -0.05) is 17.9 Å². The molecule has 0 aliphatic rings. The molecule has 0 atom stereocenters. The van der Waals surface area contributed by atoms with Gasteiger partial charge < -0.3 is 10.1 Å². The quantitative estimate of drug-likeness (QED) is 0.658. The van der Waals surface area contributed by atoms with E-state index in [9.17, 15) is 26.7 Å². The number of carbonyl (C=O) groups is 1. The fourth-order valence-electron chi connectivity index (χ4n) is 1.88. The first-order chi connectivity index (χ1) is 12.3. The van der Waals surface area contributed by atoms with Gasteiger partial charge in [0.25, 0.3) is 5.91 Å². The van der Waals surface area contributed by atoms with Gasteiger partial charge in [0, 0.05) is 11.6 Å². The van der Waals surface area contributed by atoms with Gasteiger partial charge in [-0.05, 0) is 30.3 Å². The number of rotatable bonds is 4. The second kappa shape index (κ2) is 8.34. The molecule has 0 bridgehead atoms. The molecular weight excluding hydrogens is 357 g/mol. The van der Waals surface area contributed by atoms with Gasteiger partial charge in [0.05, 0.1) is 12.1 Å². The third kappa shape index (κ3) is 5.48. The van der Waals surface area contributed by atoms with Gasteiger partial charge >= 0.3 is 6.18 Å². The number of benzene rings is 2. The average molecular weight is 369 g/mol. The zero-order valence-electron chi connectivity index (χ0n) is 13.2. The number of alkyl halides is 3. The lowest BCUT2D eigenvalue weighted by molar-refractivity contribution is -0.137. The molecule has 0 radical (unpaired) electrons. The Morgan fingerprint density at radius 2 is 1.85 bits per heavy atom. The summed E-state index contributed by atoms with van der Waals surface area (Å²) in [5, 5.41) is 2.34. The van der Waals surface area contributed by atoms with Crippen molar-refractivity contribution in [2.24, 2.45) is 0 Å². The van der Waals surface area contributed by atoms with Crippen LogP contribution < -0.4 is 10.1 Å². The summed E-state index contributed by atoms with van der Waals surface area (Å²) in [6.45, 7) is -0.341. The molecule has 0 aromatic heterocycles. The van der Waals surface area contributed by atoms with Crippen molar-refractivity contribution < 1.29 is 31.5 Å². The van der Waals surface area contributed by atoms with Crippen molar-refractivity contribution in [1.82, 2.24) is 5.32 Å². The molecule has 8 heteroatoms. The average Bonchev–Trinajstić information content (AvgIpc) is 2.58. The summed E-state index contributed by atoms with van der Waals surface area (Å²) >= 11 is 0. The van der Waals surface area contributed by atoms with Crippen molar-refractivity contribution >= 4 is 5.91 Å². The molecule has 26 heavy (non-hydrogen) atoms. The lowest BCUT2D eigenvalue weighted by Crippen LogP contribution is -2.24. The van der Waals surface area contributed by atoms with Gasteiger partial charge in [-0.2, -0.15) is 13.2 Å². The molecular formula is C18H12F5NO2. The van der Waals surface area contributed by atoms with E-state index in [1.54, 1.807) is 0 Å². The summed E-state index contributed by atoms with van der Waals surface area (Å²) in [5.74, 6) is 2.50. The zero-order chi connectivity index (χ0) is 19.2. The van der Waals surface area contributed by atoms with Crippen molar-refractivity contribution in [3.05, 3.63) is 65.2 Å². The Hall–Kier alpha value is -3.08. The lowest BCUT2D eigenvalue weighted by atomic mass is 10.1. The Kier molecular flexibility index (Phi) is 6.17. The maximum absolute atomic E-state index is 13.3. The number of hydrogen-bond acceptors (Lipinski definition) is 2. The predicted octanol–water partition coefficient (Wildman–Crippen LogP) is 3.80. The Bertz CT molecular complexity index is 853. The number of carbonyl (C=O) groups excluding carboxylic acids is 1. The molecule has 0 spiro atoms. The normalized spacial score (nSPS) is 10.7. The number of ether oxygens (including phenoxy) is 1. The summed E-state index contributed by atoms with van der Waals surface area (Å²) in [4.78, 5) is 11.8. The molecule has 3 nitrogen and oxygen atoms in total. The van der Waals surface area contributed by atoms with E-state index in [1.165, 1.54) is 6.07 Å². The minimum absolute atomic E-state index is 0.135.